The number of carbonyl (C=O) groups is 2. The number of hydrogen-bond acceptors (Lipinski definition) is 5. The van der Waals surface area contributed by atoms with Crippen molar-refractivity contribution in [3.8, 4) is 5.75 Å². The second kappa shape index (κ2) is 8.14. The van der Waals surface area contributed by atoms with E-state index in [2.05, 4.69) is 26.0 Å². The average molecular weight is 371 g/mol. The van der Waals surface area contributed by atoms with Gasteiger partial charge < -0.3 is 14.8 Å². The third-order valence-corrected chi connectivity index (χ3v) is 3.97. The van der Waals surface area contributed by atoms with Crippen molar-refractivity contribution in [3.05, 3.63) is 28.7 Å². The predicted molar refractivity (Wildman–Crippen MR) is 84.6 cm³/mol. The van der Waals surface area contributed by atoms with Crippen LogP contribution in [0.25, 0.3) is 0 Å². The largest absolute Gasteiger partial charge is 0.492 e. The van der Waals surface area contributed by atoms with Crippen LogP contribution in [0, 0.1) is 0 Å². The third kappa shape index (κ3) is 4.71. The van der Waals surface area contributed by atoms with Crippen LogP contribution >= 0.6 is 15.9 Å². The van der Waals surface area contributed by atoms with Crippen molar-refractivity contribution in [2.75, 3.05) is 33.4 Å². The Hall–Kier alpha value is -1.60. The van der Waals surface area contributed by atoms with E-state index in [9.17, 15) is 9.59 Å². The summed E-state index contributed by atoms with van der Waals surface area (Å²) < 4.78 is 11.3. The van der Waals surface area contributed by atoms with Gasteiger partial charge in [-0.3, -0.25) is 14.5 Å². The molecule has 1 N–H and O–H groups in total. The number of carbonyl (C=O) groups excluding carboxylic acids is 2. The fraction of sp³-hybridized carbons (Fsp3) is 0.467. The van der Waals surface area contributed by atoms with Gasteiger partial charge in [-0.2, -0.15) is 0 Å². The first-order valence-corrected chi connectivity index (χ1v) is 7.86. The van der Waals surface area contributed by atoms with Crippen molar-refractivity contribution in [1.82, 2.24) is 10.2 Å². The van der Waals surface area contributed by atoms with Gasteiger partial charge in [-0.1, -0.05) is 22.0 Å². The highest BCUT2D eigenvalue weighted by Gasteiger charge is 2.31. The SMILES string of the molecule is COC(=O)CC1C(=O)NCCN1CCOc1cccc(Br)c1. The molecule has 0 aliphatic carbocycles. The zero-order valence-corrected chi connectivity index (χ0v) is 14.0. The number of hydrogen-bond donors (Lipinski definition) is 1. The van der Waals surface area contributed by atoms with Gasteiger partial charge in [-0.25, -0.2) is 0 Å². The molecule has 1 unspecified atom stereocenters. The number of esters is 1. The van der Waals surface area contributed by atoms with Crippen molar-refractivity contribution >= 4 is 27.8 Å². The van der Waals surface area contributed by atoms with Gasteiger partial charge in [0, 0.05) is 24.1 Å². The number of benzene rings is 1. The topological polar surface area (TPSA) is 67.9 Å². The lowest BCUT2D eigenvalue weighted by atomic mass is 10.1. The Kier molecular flexibility index (Phi) is 6.21. The van der Waals surface area contributed by atoms with Gasteiger partial charge in [0.05, 0.1) is 19.6 Å². The molecule has 1 amide bonds. The van der Waals surface area contributed by atoms with E-state index < -0.39 is 6.04 Å². The minimum absolute atomic E-state index is 0.0548. The van der Waals surface area contributed by atoms with E-state index in [0.717, 1.165) is 10.2 Å². The van der Waals surface area contributed by atoms with Crippen LogP contribution in [-0.2, 0) is 14.3 Å². The van der Waals surface area contributed by atoms with Crippen LogP contribution in [0.2, 0.25) is 0 Å². The summed E-state index contributed by atoms with van der Waals surface area (Å²) in [6.45, 7) is 2.28. The van der Waals surface area contributed by atoms with Crippen molar-refractivity contribution in [2.45, 2.75) is 12.5 Å². The Bertz CT molecular complexity index is 538. The third-order valence-electron chi connectivity index (χ3n) is 3.47. The fourth-order valence-corrected chi connectivity index (χ4v) is 2.71. The number of methoxy groups -OCH3 is 1. The first-order valence-electron chi connectivity index (χ1n) is 7.07. The molecule has 1 atom stereocenters. The molecule has 0 spiro atoms. The highest BCUT2D eigenvalue weighted by Crippen LogP contribution is 2.18. The van der Waals surface area contributed by atoms with E-state index in [1.165, 1.54) is 7.11 Å². The number of nitrogens with zero attached hydrogens (tertiary/aromatic N) is 1. The van der Waals surface area contributed by atoms with Crippen molar-refractivity contribution in [3.63, 3.8) is 0 Å². The summed E-state index contributed by atoms with van der Waals surface area (Å²) in [7, 11) is 1.32. The normalized spacial score (nSPS) is 18.6. The lowest BCUT2D eigenvalue weighted by Crippen LogP contribution is -2.56. The maximum Gasteiger partial charge on any atom is 0.307 e. The zero-order valence-electron chi connectivity index (χ0n) is 12.4. The highest BCUT2D eigenvalue weighted by atomic mass is 79.9. The van der Waals surface area contributed by atoms with Gasteiger partial charge in [0.1, 0.15) is 12.4 Å². The van der Waals surface area contributed by atoms with Crippen molar-refractivity contribution in [2.24, 2.45) is 0 Å². The molecule has 7 heteroatoms. The molecular formula is C15H19BrN2O4. The van der Waals surface area contributed by atoms with Crippen LogP contribution < -0.4 is 10.1 Å². The van der Waals surface area contributed by atoms with Gasteiger partial charge in [0.15, 0.2) is 0 Å². The number of halogens is 1. The van der Waals surface area contributed by atoms with Gasteiger partial charge >= 0.3 is 5.97 Å². The Morgan fingerprint density at radius 1 is 1.50 bits per heavy atom. The molecule has 1 aliphatic heterocycles. The van der Waals surface area contributed by atoms with Crippen LogP contribution in [0.3, 0.4) is 0 Å². The summed E-state index contributed by atoms with van der Waals surface area (Å²) in [5.74, 6) is 0.236. The molecule has 6 nitrogen and oxygen atoms in total. The number of amides is 1. The van der Waals surface area contributed by atoms with E-state index in [4.69, 9.17) is 4.74 Å². The molecule has 1 aromatic carbocycles. The van der Waals surface area contributed by atoms with Gasteiger partial charge in [-0.15, -0.1) is 0 Å². The fourth-order valence-electron chi connectivity index (χ4n) is 2.33. The lowest BCUT2D eigenvalue weighted by Gasteiger charge is -2.34. The zero-order chi connectivity index (χ0) is 15.9. The Morgan fingerprint density at radius 2 is 2.32 bits per heavy atom. The van der Waals surface area contributed by atoms with Gasteiger partial charge in [-0.05, 0) is 18.2 Å². The Labute approximate surface area is 137 Å². The van der Waals surface area contributed by atoms with E-state index >= 15 is 0 Å². The number of ether oxygens (including phenoxy) is 2. The number of rotatable bonds is 6. The minimum atomic E-state index is -0.493. The van der Waals surface area contributed by atoms with E-state index in [0.29, 0.717) is 26.2 Å². The Morgan fingerprint density at radius 3 is 3.05 bits per heavy atom. The van der Waals surface area contributed by atoms with Gasteiger partial charge in [0.2, 0.25) is 5.91 Å². The summed E-state index contributed by atoms with van der Waals surface area (Å²) in [4.78, 5) is 25.3. The predicted octanol–water partition coefficient (Wildman–Crippen LogP) is 1.19. The molecule has 2 rings (SSSR count). The second-order valence-corrected chi connectivity index (χ2v) is 5.84. The molecule has 22 heavy (non-hydrogen) atoms. The Balaban J connectivity index is 1.88. The summed E-state index contributed by atoms with van der Waals surface area (Å²) in [6, 6.07) is 7.09. The lowest BCUT2D eigenvalue weighted by molar-refractivity contribution is -0.146. The van der Waals surface area contributed by atoms with Crippen LogP contribution in [-0.4, -0.2) is 56.2 Å². The minimum Gasteiger partial charge on any atom is -0.492 e. The molecule has 0 aromatic heterocycles. The van der Waals surface area contributed by atoms with Gasteiger partial charge in [0.25, 0.3) is 0 Å². The summed E-state index contributed by atoms with van der Waals surface area (Å²) in [6.07, 6.45) is 0.0548. The first kappa shape index (κ1) is 16.8. The molecule has 0 bridgehead atoms. The van der Waals surface area contributed by atoms with Crippen molar-refractivity contribution < 1.29 is 19.1 Å². The molecule has 0 radical (unpaired) electrons. The van der Waals surface area contributed by atoms with Crippen LogP contribution in [0.4, 0.5) is 0 Å². The monoisotopic (exact) mass is 370 g/mol. The summed E-state index contributed by atoms with van der Waals surface area (Å²) >= 11 is 3.39. The molecule has 1 aliphatic rings. The molecule has 1 aromatic rings. The van der Waals surface area contributed by atoms with E-state index in [1.54, 1.807) is 0 Å². The maximum atomic E-state index is 11.9. The number of nitrogens with one attached hydrogen (secondary N) is 1. The summed E-state index contributed by atoms with van der Waals surface area (Å²) in [5.41, 5.74) is 0. The standard InChI is InChI=1S/C15H19BrN2O4/c1-21-14(19)10-13-15(20)17-5-6-18(13)7-8-22-12-4-2-3-11(16)9-12/h2-4,9,13H,5-8,10H2,1H3,(H,17,20). The molecule has 1 saturated heterocycles. The molecule has 1 heterocycles. The van der Waals surface area contributed by atoms with Crippen LogP contribution in [0.15, 0.2) is 28.7 Å². The van der Waals surface area contributed by atoms with E-state index in [-0.39, 0.29) is 18.3 Å². The van der Waals surface area contributed by atoms with Crippen LogP contribution in [0.1, 0.15) is 6.42 Å². The maximum absolute atomic E-state index is 11.9. The average Bonchev–Trinajstić information content (AvgIpc) is 2.50. The quantitative estimate of drug-likeness (QED) is 0.761. The molecular weight excluding hydrogens is 352 g/mol. The first-order chi connectivity index (χ1) is 10.6. The molecule has 120 valence electrons. The second-order valence-electron chi connectivity index (χ2n) is 4.93. The van der Waals surface area contributed by atoms with Crippen LogP contribution in [0.5, 0.6) is 5.75 Å². The molecule has 0 saturated carbocycles. The van der Waals surface area contributed by atoms with E-state index in [1.807, 2.05) is 29.2 Å². The van der Waals surface area contributed by atoms with Crippen molar-refractivity contribution in [1.29, 1.82) is 0 Å². The number of piperazine rings is 1. The summed E-state index contributed by atoms with van der Waals surface area (Å²) in [5, 5.41) is 2.77. The smallest absolute Gasteiger partial charge is 0.307 e. The molecule has 1 fully saturated rings. The highest BCUT2D eigenvalue weighted by molar-refractivity contribution is 9.10.